The number of aryl methyl sites for hydroxylation is 1. The van der Waals surface area contributed by atoms with Crippen LogP contribution in [0.4, 0.5) is 0 Å². The van der Waals surface area contributed by atoms with Gasteiger partial charge in [-0.05, 0) is 24.1 Å². The molecule has 1 aromatic carbocycles. The van der Waals surface area contributed by atoms with Gasteiger partial charge in [-0.15, -0.1) is 0 Å². The Bertz CT molecular complexity index is 495. The van der Waals surface area contributed by atoms with Crippen LogP contribution in [0.2, 0.25) is 5.02 Å². The van der Waals surface area contributed by atoms with Gasteiger partial charge < -0.3 is 14.6 Å². The largest absolute Gasteiger partial charge is 0.493 e. The highest BCUT2D eigenvalue weighted by Crippen LogP contribution is 2.45. The third kappa shape index (κ3) is 3.13. The van der Waals surface area contributed by atoms with Crippen LogP contribution in [0.5, 0.6) is 11.5 Å². The Morgan fingerprint density at radius 2 is 1.95 bits per heavy atom. The molecule has 0 aliphatic rings. The van der Waals surface area contributed by atoms with E-state index >= 15 is 0 Å². The zero-order valence-corrected chi connectivity index (χ0v) is 12.6. The minimum absolute atomic E-state index is 0.0109. The van der Waals surface area contributed by atoms with E-state index in [4.69, 9.17) is 26.2 Å². The van der Waals surface area contributed by atoms with Gasteiger partial charge in [0, 0.05) is 5.41 Å². The highest BCUT2D eigenvalue weighted by Gasteiger charge is 2.31. The van der Waals surface area contributed by atoms with Crippen LogP contribution >= 0.6 is 11.6 Å². The molecule has 106 valence electrons. The van der Waals surface area contributed by atoms with Gasteiger partial charge in [0.25, 0.3) is 0 Å². The summed E-state index contributed by atoms with van der Waals surface area (Å²) in [7, 11) is 3.04. The Labute approximate surface area is 118 Å². The predicted octanol–water partition coefficient (Wildman–Crippen LogP) is 3.42. The Balaban J connectivity index is 3.48. The van der Waals surface area contributed by atoms with Gasteiger partial charge in [0.2, 0.25) is 0 Å². The number of carboxylic acid groups (broad SMARTS) is 1. The molecular weight excluding hydrogens is 268 g/mol. The average molecular weight is 287 g/mol. The summed E-state index contributed by atoms with van der Waals surface area (Å²) in [6, 6.07) is 1.81. The molecule has 0 aliphatic carbocycles. The lowest BCUT2D eigenvalue weighted by Crippen LogP contribution is -2.23. The molecular formula is C14H19ClO4. The van der Waals surface area contributed by atoms with Crippen molar-refractivity contribution in [2.75, 3.05) is 14.2 Å². The summed E-state index contributed by atoms with van der Waals surface area (Å²) in [4.78, 5) is 11.0. The molecule has 0 spiro atoms. The summed E-state index contributed by atoms with van der Waals surface area (Å²) in [5.41, 5.74) is 1.06. The highest BCUT2D eigenvalue weighted by atomic mass is 35.5. The zero-order valence-electron chi connectivity index (χ0n) is 11.8. The SMILES string of the molecule is COc1cc(C)c(C(C)(C)CC(=O)O)c(Cl)c1OC. The van der Waals surface area contributed by atoms with Crippen molar-refractivity contribution in [2.24, 2.45) is 0 Å². The summed E-state index contributed by atoms with van der Waals surface area (Å²) in [6.07, 6.45) is -0.0109. The highest BCUT2D eigenvalue weighted by molar-refractivity contribution is 6.33. The van der Waals surface area contributed by atoms with E-state index in [2.05, 4.69) is 0 Å². The number of hydrogen-bond acceptors (Lipinski definition) is 3. The van der Waals surface area contributed by atoms with Crippen molar-refractivity contribution in [3.05, 3.63) is 22.2 Å². The standard InChI is InChI=1S/C14H19ClO4/c1-8-6-9(18-4)13(19-5)12(15)11(8)14(2,3)7-10(16)17/h6H,7H2,1-5H3,(H,16,17). The molecule has 0 heterocycles. The van der Waals surface area contributed by atoms with Crippen LogP contribution in [0, 0.1) is 6.92 Å². The number of benzene rings is 1. The van der Waals surface area contributed by atoms with Crippen molar-refractivity contribution in [2.45, 2.75) is 32.6 Å². The van der Waals surface area contributed by atoms with E-state index < -0.39 is 11.4 Å². The summed E-state index contributed by atoms with van der Waals surface area (Å²) >= 11 is 6.37. The van der Waals surface area contributed by atoms with Crippen molar-refractivity contribution >= 4 is 17.6 Å². The van der Waals surface area contributed by atoms with Crippen LogP contribution in [0.15, 0.2) is 6.07 Å². The molecule has 0 saturated heterocycles. The van der Waals surface area contributed by atoms with E-state index in [9.17, 15) is 4.79 Å². The molecule has 0 amide bonds. The van der Waals surface area contributed by atoms with Crippen LogP contribution in [0.25, 0.3) is 0 Å². The van der Waals surface area contributed by atoms with Gasteiger partial charge in [-0.3, -0.25) is 4.79 Å². The summed E-state index contributed by atoms with van der Waals surface area (Å²) in [5, 5.41) is 9.43. The molecule has 1 aromatic rings. The van der Waals surface area contributed by atoms with E-state index in [1.807, 2.05) is 26.8 Å². The molecule has 5 heteroatoms. The number of rotatable bonds is 5. The molecule has 1 rings (SSSR count). The summed E-state index contributed by atoms with van der Waals surface area (Å²) in [6.45, 7) is 5.58. The molecule has 0 unspecified atom stereocenters. The number of hydrogen-bond donors (Lipinski definition) is 1. The van der Waals surface area contributed by atoms with Crippen LogP contribution < -0.4 is 9.47 Å². The molecule has 0 fully saturated rings. The molecule has 4 nitrogen and oxygen atoms in total. The smallest absolute Gasteiger partial charge is 0.304 e. The van der Waals surface area contributed by atoms with Crippen molar-refractivity contribution in [1.82, 2.24) is 0 Å². The van der Waals surface area contributed by atoms with E-state index in [0.29, 0.717) is 16.5 Å². The van der Waals surface area contributed by atoms with Crippen molar-refractivity contribution in [3.63, 3.8) is 0 Å². The zero-order chi connectivity index (χ0) is 14.8. The first-order chi connectivity index (χ1) is 8.74. The fraction of sp³-hybridized carbons (Fsp3) is 0.500. The Morgan fingerprint density at radius 3 is 2.37 bits per heavy atom. The van der Waals surface area contributed by atoms with Gasteiger partial charge in [0.15, 0.2) is 11.5 Å². The van der Waals surface area contributed by atoms with Gasteiger partial charge in [-0.1, -0.05) is 25.4 Å². The molecule has 0 saturated carbocycles. The van der Waals surface area contributed by atoms with Gasteiger partial charge >= 0.3 is 5.97 Å². The fourth-order valence-corrected chi connectivity index (χ4v) is 2.94. The Hall–Kier alpha value is -1.42. The van der Waals surface area contributed by atoms with E-state index in [-0.39, 0.29) is 6.42 Å². The van der Waals surface area contributed by atoms with Gasteiger partial charge in [0.1, 0.15) is 0 Å². The minimum atomic E-state index is -0.866. The van der Waals surface area contributed by atoms with Gasteiger partial charge in [-0.2, -0.15) is 0 Å². The molecule has 0 bridgehead atoms. The number of carbonyl (C=O) groups is 1. The van der Waals surface area contributed by atoms with Crippen LogP contribution in [0.3, 0.4) is 0 Å². The molecule has 0 radical (unpaired) electrons. The topological polar surface area (TPSA) is 55.8 Å². The lowest BCUT2D eigenvalue weighted by atomic mass is 9.79. The molecule has 0 aliphatic heterocycles. The quantitative estimate of drug-likeness (QED) is 0.901. The fourth-order valence-electron chi connectivity index (χ4n) is 2.37. The second-order valence-electron chi connectivity index (χ2n) is 5.07. The van der Waals surface area contributed by atoms with Gasteiger partial charge in [-0.25, -0.2) is 0 Å². The van der Waals surface area contributed by atoms with Crippen LogP contribution in [0.1, 0.15) is 31.4 Å². The Kier molecular flexibility index (Phi) is 4.69. The first kappa shape index (κ1) is 15.6. The number of methoxy groups -OCH3 is 2. The summed E-state index contributed by atoms with van der Waals surface area (Å²) < 4.78 is 10.5. The maximum atomic E-state index is 11.0. The summed E-state index contributed by atoms with van der Waals surface area (Å²) in [5.74, 6) is 0.110. The van der Waals surface area contributed by atoms with E-state index in [0.717, 1.165) is 11.1 Å². The van der Waals surface area contributed by atoms with Crippen molar-refractivity contribution in [3.8, 4) is 11.5 Å². The maximum absolute atomic E-state index is 11.0. The lowest BCUT2D eigenvalue weighted by Gasteiger charge is -2.28. The second kappa shape index (κ2) is 5.70. The molecule has 0 aromatic heterocycles. The second-order valence-corrected chi connectivity index (χ2v) is 5.45. The van der Waals surface area contributed by atoms with Crippen molar-refractivity contribution in [1.29, 1.82) is 0 Å². The number of carboxylic acids is 1. The minimum Gasteiger partial charge on any atom is -0.493 e. The monoisotopic (exact) mass is 286 g/mol. The number of halogens is 1. The molecule has 0 atom stereocenters. The Morgan fingerprint density at radius 1 is 1.37 bits per heavy atom. The third-order valence-corrected chi connectivity index (χ3v) is 3.44. The average Bonchev–Trinajstić information content (AvgIpc) is 2.25. The number of aliphatic carboxylic acids is 1. The molecule has 19 heavy (non-hydrogen) atoms. The van der Waals surface area contributed by atoms with E-state index in [1.165, 1.54) is 14.2 Å². The maximum Gasteiger partial charge on any atom is 0.304 e. The third-order valence-electron chi connectivity index (χ3n) is 3.08. The van der Waals surface area contributed by atoms with Crippen molar-refractivity contribution < 1.29 is 19.4 Å². The van der Waals surface area contributed by atoms with E-state index in [1.54, 1.807) is 0 Å². The normalized spacial score (nSPS) is 11.3. The first-order valence-corrected chi connectivity index (χ1v) is 6.25. The predicted molar refractivity (Wildman–Crippen MR) is 74.6 cm³/mol. The first-order valence-electron chi connectivity index (χ1n) is 5.88. The van der Waals surface area contributed by atoms with Crippen LogP contribution in [-0.2, 0) is 10.2 Å². The van der Waals surface area contributed by atoms with Crippen LogP contribution in [-0.4, -0.2) is 25.3 Å². The molecule has 1 N–H and O–H groups in total. The number of ether oxygens (including phenoxy) is 2. The van der Waals surface area contributed by atoms with Gasteiger partial charge in [0.05, 0.1) is 25.7 Å². The lowest BCUT2D eigenvalue weighted by molar-refractivity contribution is -0.138.